The van der Waals surface area contributed by atoms with E-state index in [4.69, 9.17) is 9.47 Å². The van der Waals surface area contributed by atoms with Crippen LogP contribution in [0.15, 0.2) is 18.2 Å². The van der Waals surface area contributed by atoms with Crippen LogP contribution in [0, 0.1) is 5.92 Å². The van der Waals surface area contributed by atoms with Gasteiger partial charge in [0.25, 0.3) is 0 Å². The smallest absolute Gasteiger partial charge is 0.407 e. The minimum absolute atomic E-state index is 0.203. The summed E-state index contributed by atoms with van der Waals surface area (Å²) in [7, 11) is 0. The molecule has 0 radical (unpaired) electrons. The van der Waals surface area contributed by atoms with Crippen molar-refractivity contribution in [2.24, 2.45) is 5.92 Å². The van der Waals surface area contributed by atoms with E-state index in [9.17, 15) is 9.90 Å². The number of amides is 1. The molecule has 0 spiro atoms. The van der Waals surface area contributed by atoms with Gasteiger partial charge in [-0.1, -0.05) is 6.07 Å². The van der Waals surface area contributed by atoms with Gasteiger partial charge in [0.2, 0.25) is 0 Å². The largest absolute Gasteiger partial charge is 0.508 e. The molecule has 1 atom stereocenters. The number of rotatable bonds is 2. The molecular weight excluding hydrogens is 258 g/mol. The van der Waals surface area contributed by atoms with Crippen LogP contribution in [-0.2, 0) is 11.2 Å². The van der Waals surface area contributed by atoms with Gasteiger partial charge in [0.05, 0.1) is 6.61 Å². The molecule has 2 N–H and O–H groups in total. The quantitative estimate of drug-likeness (QED) is 0.872. The molecule has 0 aliphatic carbocycles. The first-order chi connectivity index (χ1) is 9.33. The van der Waals surface area contributed by atoms with Crippen LogP contribution < -0.4 is 10.1 Å². The number of phenolic OH excluding ortho intramolecular Hbond substituents is 1. The Hall–Kier alpha value is -1.91. The molecule has 0 saturated heterocycles. The molecule has 5 heteroatoms. The zero-order chi connectivity index (χ0) is 14.8. The summed E-state index contributed by atoms with van der Waals surface area (Å²) in [5, 5.41) is 12.1. The summed E-state index contributed by atoms with van der Waals surface area (Å²) in [6.07, 6.45) is 0.403. The molecule has 0 aromatic heterocycles. The van der Waals surface area contributed by atoms with E-state index in [-0.39, 0.29) is 11.7 Å². The average molecular weight is 279 g/mol. The topological polar surface area (TPSA) is 67.8 Å². The first-order valence-electron chi connectivity index (χ1n) is 6.75. The first kappa shape index (κ1) is 14.5. The molecule has 1 unspecified atom stereocenters. The maximum atomic E-state index is 11.6. The fourth-order valence-corrected chi connectivity index (χ4v) is 2.10. The second kappa shape index (κ2) is 5.61. The normalized spacial score (nSPS) is 17.9. The number of fused-ring (bicyclic) bond motifs is 1. The maximum Gasteiger partial charge on any atom is 0.407 e. The second-order valence-electron chi connectivity index (χ2n) is 6.06. The summed E-state index contributed by atoms with van der Waals surface area (Å²) in [5.74, 6) is 1.13. The Morgan fingerprint density at radius 3 is 2.95 bits per heavy atom. The molecule has 0 bridgehead atoms. The standard InChI is InChI=1S/C15H21NO4/c1-15(2,3)20-14(18)16-8-10-6-11-4-5-12(17)7-13(11)19-9-10/h4-5,7,10,17H,6,8-9H2,1-3H3,(H,16,18). The van der Waals surface area contributed by atoms with E-state index in [0.29, 0.717) is 13.2 Å². The van der Waals surface area contributed by atoms with Crippen LogP contribution in [0.1, 0.15) is 26.3 Å². The fourth-order valence-electron chi connectivity index (χ4n) is 2.10. The number of aromatic hydroxyl groups is 1. The second-order valence-corrected chi connectivity index (χ2v) is 6.06. The summed E-state index contributed by atoms with van der Waals surface area (Å²) in [6, 6.07) is 5.11. The van der Waals surface area contributed by atoms with Crippen LogP contribution in [0.3, 0.4) is 0 Å². The summed E-state index contributed by atoms with van der Waals surface area (Å²) >= 11 is 0. The van der Waals surface area contributed by atoms with Gasteiger partial charge in [0.15, 0.2) is 0 Å². The van der Waals surface area contributed by atoms with Crippen LogP contribution >= 0.6 is 0 Å². The number of phenols is 1. The molecule has 0 saturated carbocycles. The summed E-state index contributed by atoms with van der Waals surface area (Å²) in [4.78, 5) is 11.6. The predicted octanol–water partition coefficient (Wildman–Crippen LogP) is 2.47. The van der Waals surface area contributed by atoms with Gasteiger partial charge >= 0.3 is 6.09 Å². The summed E-state index contributed by atoms with van der Waals surface area (Å²) < 4.78 is 10.8. The van der Waals surface area contributed by atoms with Crippen molar-refractivity contribution in [2.75, 3.05) is 13.2 Å². The van der Waals surface area contributed by atoms with E-state index in [0.717, 1.165) is 17.7 Å². The Labute approximate surface area is 118 Å². The van der Waals surface area contributed by atoms with Crippen LogP contribution in [0.5, 0.6) is 11.5 Å². The van der Waals surface area contributed by atoms with Crippen molar-refractivity contribution in [3.8, 4) is 11.5 Å². The van der Waals surface area contributed by atoms with Crippen molar-refractivity contribution >= 4 is 6.09 Å². The molecule has 1 aliphatic heterocycles. The van der Waals surface area contributed by atoms with Crippen LogP contribution in [0.2, 0.25) is 0 Å². The molecule has 110 valence electrons. The first-order valence-corrected chi connectivity index (χ1v) is 6.75. The number of carbonyl (C=O) groups is 1. The van der Waals surface area contributed by atoms with E-state index in [2.05, 4.69) is 5.32 Å². The lowest BCUT2D eigenvalue weighted by Gasteiger charge is -2.26. The predicted molar refractivity (Wildman–Crippen MR) is 75.0 cm³/mol. The lowest BCUT2D eigenvalue weighted by atomic mass is 9.96. The Kier molecular flexibility index (Phi) is 4.06. The molecule has 5 nitrogen and oxygen atoms in total. The van der Waals surface area contributed by atoms with Crippen molar-refractivity contribution in [1.82, 2.24) is 5.32 Å². The van der Waals surface area contributed by atoms with Gasteiger partial charge in [-0.25, -0.2) is 4.79 Å². The highest BCUT2D eigenvalue weighted by molar-refractivity contribution is 5.67. The van der Waals surface area contributed by atoms with Crippen LogP contribution in [0.25, 0.3) is 0 Å². The minimum atomic E-state index is -0.489. The highest BCUT2D eigenvalue weighted by Gasteiger charge is 2.22. The number of nitrogens with one attached hydrogen (secondary N) is 1. The zero-order valence-electron chi connectivity index (χ0n) is 12.1. The number of alkyl carbamates (subject to hydrolysis) is 1. The lowest BCUT2D eigenvalue weighted by molar-refractivity contribution is 0.0512. The molecule has 20 heavy (non-hydrogen) atoms. The Morgan fingerprint density at radius 2 is 2.25 bits per heavy atom. The van der Waals surface area contributed by atoms with Crippen LogP contribution in [0.4, 0.5) is 4.79 Å². The van der Waals surface area contributed by atoms with Crippen molar-refractivity contribution in [3.05, 3.63) is 23.8 Å². The van der Waals surface area contributed by atoms with Crippen LogP contribution in [-0.4, -0.2) is 30.0 Å². The van der Waals surface area contributed by atoms with Gasteiger partial charge in [-0.3, -0.25) is 0 Å². The third kappa shape index (κ3) is 4.05. The molecule has 1 aromatic carbocycles. The number of ether oxygens (including phenoxy) is 2. The van der Waals surface area contributed by atoms with Gasteiger partial charge in [0, 0.05) is 18.5 Å². The van der Waals surface area contributed by atoms with Gasteiger partial charge < -0.3 is 19.9 Å². The number of carbonyl (C=O) groups excluding carboxylic acids is 1. The van der Waals surface area contributed by atoms with E-state index < -0.39 is 11.7 Å². The van der Waals surface area contributed by atoms with E-state index in [1.165, 1.54) is 0 Å². The third-order valence-electron chi connectivity index (χ3n) is 2.97. The monoisotopic (exact) mass is 279 g/mol. The highest BCUT2D eigenvalue weighted by atomic mass is 16.6. The Balaban J connectivity index is 1.85. The van der Waals surface area contributed by atoms with Gasteiger partial charge in [-0.2, -0.15) is 0 Å². The molecule has 0 fully saturated rings. The van der Waals surface area contributed by atoms with Crippen molar-refractivity contribution in [3.63, 3.8) is 0 Å². The third-order valence-corrected chi connectivity index (χ3v) is 2.97. The molecular formula is C15H21NO4. The fraction of sp³-hybridized carbons (Fsp3) is 0.533. The molecule has 2 rings (SSSR count). The number of benzene rings is 1. The highest BCUT2D eigenvalue weighted by Crippen LogP contribution is 2.30. The van der Waals surface area contributed by atoms with Crippen molar-refractivity contribution in [1.29, 1.82) is 0 Å². The van der Waals surface area contributed by atoms with Gasteiger partial charge in [-0.05, 0) is 38.8 Å². The Morgan fingerprint density at radius 1 is 1.50 bits per heavy atom. The lowest BCUT2D eigenvalue weighted by Crippen LogP contribution is -2.38. The van der Waals surface area contributed by atoms with Gasteiger partial charge in [-0.15, -0.1) is 0 Å². The molecule has 1 heterocycles. The molecule has 1 aromatic rings. The minimum Gasteiger partial charge on any atom is -0.508 e. The van der Waals surface area contributed by atoms with Gasteiger partial charge in [0.1, 0.15) is 17.1 Å². The number of hydrogen-bond acceptors (Lipinski definition) is 4. The van der Waals surface area contributed by atoms with E-state index >= 15 is 0 Å². The van der Waals surface area contributed by atoms with E-state index in [1.807, 2.05) is 26.8 Å². The zero-order valence-corrected chi connectivity index (χ0v) is 12.1. The molecule has 1 amide bonds. The van der Waals surface area contributed by atoms with Crippen molar-refractivity contribution in [2.45, 2.75) is 32.8 Å². The maximum absolute atomic E-state index is 11.6. The Bertz CT molecular complexity index is 493. The van der Waals surface area contributed by atoms with Crippen molar-refractivity contribution < 1.29 is 19.4 Å². The molecule has 1 aliphatic rings. The SMILES string of the molecule is CC(C)(C)OC(=O)NCC1COc2cc(O)ccc2C1. The van der Waals surface area contributed by atoms with E-state index in [1.54, 1.807) is 12.1 Å². The number of hydrogen-bond donors (Lipinski definition) is 2. The summed E-state index contributed by atoms with van der Waals surface area (Å²) in [5.41, 5.74) is 0.558. The average Bonchev–Trinajstić information content (AvgIpc) is 2.34. The summed E-state index contributed by atoms with van der Waals surface area (Å²) in [6.45, 7) is 6.53.